The Morgan fingerprint density at radius 2 is 2.38 bits per heavy atom. The van der Waals surface area contributed by atoms with Crippen LogP contribution in [0.5, 0.6) is 5.75 Å². The summed E-state index contributed by atoms with van der Waals surface area (Å²) in [6.45, 7) is 3.72. The molecule has 2 rings (SSSR count). The van der Waals surface area contributed by atoms with Gasteiger partial charge in [-0.25, -0.2) is 14.3 Å². The molecule has 0 fully saturated rings. The summed E-state index contributed by atoms with van der Waals surface area (Å²) in [5.74, 6) is -0.834. The third-order valence-electron chi connectivity index (χ3n) is 2.19. The Morgan fingerprint density at radius 1 is 1.62 bits per heavy atom. The van der Waals surface area contributed by atoms with Crippen LogP contribution >= 0.6 is 0 Å². The molecule has 0 aliphatic heterocycles. The maximum atomic E-state index is 11.5. The van der Waals surface area contributed by atoms with Gasteiger partial charge in [-0.2, -0.15) is 5.10 Å². The molecular formula is C10H11N3O3. The number of esters is 1. The van der Waals surface area contributed by atoms with Gasteiger partial charge in [0.05, 0.1) is 12.8 Å². The Labute approximate surface area is 91.5 Å². The van der Waals surface area contributed by atoms with Crippen LogP contribution in [0.25, 0.3) is 5.52 Å². The predicted octanol–water partition coefficient (Wildman–Crippen LogP) is 0.920. The molecule has 0 aliphatic rings. The minimum atomic E-state index is -0.636. The quantitative estimate of drug-likeness (QED) is 0.763. The van der Waals surface area contributed by atoms with Crippen molar-refractivity contribution in [3.8, 4) is 5.75 Å². The zero-order valence-electron chi connectivity index (χ0n) is 8.97. The molecule has 0 saturated heterocycles. The number of hydrogen-bond donors (Lipinski definition) is 1. The highest BCUT2D eigenvalue weighted by molar-refractivity contribution is 5.93. The van der Waals surface area contributed by atoms with Gasteiger partial charge in [-0.05, 0) is 19.4 Å². The number of ether oxygens (including phenoxy) is 1. The number of hydrogen-bond acceptors (Lipinski definition) is 5. The second-order valence-electron chi connectivity index (χ2n) is 3.28. The van der Waals surface area contributed by atoms with Crippen LogP contribution in [0, 0.1) is 6.92 Å². The van der Waals surface area contributed by atoms with Gasteiger partial charge in [0.1, 0.15) is 11.8 Å². The number of carbonyl (C=O) groups is 1. The molecule has 2 heterocycles. The lowest BCUT2D eigenvalue weighted by atomic mass is 10.2. The number of fused-ring (bicyclic) bond motifs is 1. The number of rotatable bonds is 2. The van der Waals surface area contributed by atoms with E-state index in [0.29, 0.717) is 5.52 Å². The maximum absolute atomic E-state index is 11.5. The third-order valence-corrected chi connectivity index (χ3v) is 2.19. The predicted molar refractivity (Wildman–Crippen MR) is 55.3 cm³/mol. The Bertz CT molecular complexity index is 547. The van der Waals surface area contributed by atoms with E-state index in [-0.39, 0.29) is 18.1 Å². The summed E-state index contributed by atoms with van der Waals surface area (Å²) >= 11 is 0. The molecule has 0 aliphatic carbocycles. The first-order chi connectivity index (χ1) is 7.65. The zero-order valence-corrected chi connectivity index (χ0v) is 8.97. The molecule has 2 aromatic heterocycles. The van der Waals surface area contributed by atoms with Gasteiger partial charge in [0.2, 0.25) is 0 Å². The molecule has 16 heavy (non-hydrogen) atoms. The molecule has 0 saturated carbocycles. The number of aryl methyl sites for hydroxylation is 1. The highest BCUT2D eigenvalue weighted by atomic mass is 16.5. The van der Waals surface area contributed by atoms with Crippen LogP contribution in [0.3, 0.4) is 0 Å². The Kier molecular flexibility index (Phi) is 2.47. The van der Waals surface area contributed by atoms with Crippen LogP contribution < -0.4 is 0 Å². The molecule has 0 spiro atoms. The van der Waals surface area contributed by atoms with Gasteiger partial charge < -0.3 is 9.84 Å². The van der Waals surface area contributed by atoms with E-state index >= 15 is 0 Å². The van der Waals surface area contributed by atoms with Gasteiger partial charge >= 0.3 is 5.97 Å². The molecule has 0 bridgehead atoms. The summed E-state index contributed by atoms with van der Waals surface area (Å²) in [6.07, 6.45) is 2.96. The van der Waals surface area contributed by atoms with E-state index in [1.54, 1.807) is 20.0 Å². The van der Waals surface area contributed by atoms with Crippen LogP contribution in [0.4, 0.5) is 0 Å². The van der Waals surface area contributed by atoms with Crippen molar-refractivity contribution in [2.24, 2.45) is 0 Å². The number of nitrogens with zero attached hydrogens (tertiary/aromatic N) is 3. The number of aromatic nitrogens is 3. The lowest BCUT2D eigenvalue weighted by Crippen LogP contribution is -2.08. The van der Waals surface area contributed by atoms with Gasteiger partial charge in [-0.15, -0.1) is 0 Å². The summed E-state index contributed by atoms with van der Waals surface area (Å²) in [4.78, 5) is 15.3. The monoisotopic (exact) mass is 221 g/mol. The van der Waals surface area contributed by atoms with Crippen molar-refractivity contribution in [3.63, 3.8) is 0 Å². The standard InChI is InChI=1S/C10H11N3O3/c1-3-16-10(15)7-9(14)8-6(2)4-12-13(8)5-11-7/h4-5,14H,3H2,1-2H3. The third kappa shape index (κ3) is 1.48. The molecule has 6 heteroatoms. The smallest absolute Gasteiger partial charge is 0.360 e. The molecule has 0 radical (unpaired) electrons. The van der Waals surface area contributed by atoms with Gasteiger partial charge in [-0.3, -0.25) is 0 Å². The molecule has 0 unspecified atom stereocenters. The summed E-state index contributed by atoms with van der Waals surface area (Å²) in [5, 5.41) is 13.9. The van der Waals surface area contributed by atoms with Gasteiger partial charge in [0, 0.05) is 0 Å². The maximum Gasteiger partial charge on any atom is 0.360 e. The molecule has 0 amide bonds. The van der Waals surface area contributed by atoms with Gasteiger partial charge in [-0.1, -0.05) is 0 Å². The topological polar surface area (TPSA) is 76.7 Å². The highest BCUT2D eigenvalue weighted by Crippen LogP contribution is 2.24. The minimum Gasteiger partial charge on any atom is -0.504 e. The minimum absolute atomic E-state index is 0.0852. The van der Waals surface area contributed by atoms with E-state index < -0.39 is 5.97 Å². The summed E-state index contributed by atoms with van der Waals surface area (Å²) in [5.41, 5.74) is 1.15. The average Bonchev–Trinajstić information content (AvgIpc) is 2.62. The molecule has 84 valence electrons. The van der Waals surface area contributed by atoms with Crippen molar-refractivity contribution >= 4 is 11.5 Å². The van der Waals surface area contributed by atoms with Gasteiger partial charge in [0.15, 0.2) is 11.4 Å². The lowest BCUT2D eigenvalue weighted by Gasteiger charge is -2.04. The average molecular weight is 221 g/mol. The number of aromatic hydroxyl groups is 1. The van der Waals surface area contributed by atoms with E-state index in [2.05, 4.69) is 10.1 Å². The van der Waals surface area contributed by atoms with Crippen LogP contribution in [-0.4, -0.2) is 32.3 Å². The van der Waals surface area contributed by atoms with E-state index in [9.17, 15) is 9.90 Å². The van der Waals surface area contributed by atoms with E-state index in [1.807, 2.05) is 0 Å². The first-order valence-corrected chi connectivity index (χ1v) is 4.84. The second-order valence-corrected chi connectivity index (χ2v) is 3.28. The van der Waals surface area contributed by atoms with E-state index in [1.165, 1.54) is 10.8 Å². The Hall–Kier alpha value is -2.11. The van der Waals surface area contributed by atoms with Crippen LogP contribution in [0.1, 0.15) is 23.0 Å². The zero-order chi connectivity index (χ0) is 11.7. The molecular weight excluding hydrogens is 210 g/mol. The fourth-order valence-electron chi connectivity index (χ4n) is 1.47. The first kappa shape index (κ1) is 10.4. The van der Waals surface area contributed by atoms with Crippen molar-refractivity contribution in [2.45, 2.75) is 13.8 Å². The first-order valence-electron chi connectivity index (χ1n) is 4.84. The van der Waals surface area contributed by atoms with Crippen LogP contribution in [0.2, 0.25) is 0 Å². The fraction of sp³-hybridized carbons (Fsp3) is 0.300. The van der Waals surface area contributed by atoms with E-state index in [4.69, 9.17) is 4.74 Å². The van der Waals surface area contributed by atoms with E-state index in [0.717, 1.165) is 5.56 Å². The van der Waals surface area contributed by atoms with Crippen molar-refractivity contribution in [1.82, 2.24) is 14.6 Å². The summed E-state index contributed by atoms with van der Waals surface area (Å²) < 4.78 is 6.19. The SMILES string of the molecule is CCOC(=O)c1ncn2ncc(C)c2c1O. The molecule has 2 aromatic rings. The van der Waals surface area contributed by atoms with Crippen molar-refractivity contribution in [2.75, 3.05) is 6.61 Å². The Morgan fingerprint density at radius 3 is 3.06 bits per heavy atom. The Balaban J connectivity index is 2.59. The fourth-order valence-corrected chi connectivity index (χ4v) is 1.47. The second kappa shape index (κ2) is 3.80. The molecule has 6 nitrogen and oxygen atoms in total. The molecule has 1 N–H and O–H groups in total. The van der Waals surface area contributed by atoms with Crippen LogP contribution in [0.15, 0.2) is 12.5 Å². The highest BCUT2D eigenvalue weighted by Gasteiger charge is 2.18. The van der Waals surface area contributed by atoms with Crippen molar-refractivity contribution in [1.29, 1.82) is 0 Å². The van der Waals surface area contributed by atoms with Crippen molar-refractivity contribution < 1.29 is 14.6 Å². The molecule has 0 atom stereocenters. The summed E-state index contributed by atoms with van der Waals surface area (Å²) in [6, 6.07) is 0. The number of carbonyl (C=O) groups excluding carboxylic acids is 1. The van der Waals surface area contributed by atoms with Gasteiger partial charge in [0.25, 0.3) is 0 Å². The van der Waals surface area contributed by atoms with Crippen LogP contribution in [-0.2, 0) is 4.74 Å². The summed E-state index contributed by atoms with van der Waals surface area (Å²) in [7, 11) is 0. The molecule has 0 aromatic carbocycles. The van der Waals surface area contributed by atoms with Crippen molar-refractivity contribution in [3.05, 3.63) is 23.8 Å². The largest absolute Gasteiger partial charge is 0.504 e. The lowest BCUT2D eigenvalue weighted by molar-refractivity contribution is 0.0516. The normalized spacial score (nSPS) is 10.6.